The van der Waals surface area contributed by atoms with E-state index in [0.717, 1.165) is 10.9 Å². The molecule has 0 aliphatic rings. The lowest BCUT2D eigenvalue weighted by atomic mass is 9.99. The van der Waals surface area contributed by atoms with Crippen LogP contribution in [-0.4, -0.2) is 23.3 Å². The number of fused-ring (bicyclic) bond motifs is 2. The van der Waals surface area contributed by atoms with Gasteiger partial charge in [-0.1, -0.05) is 66.7 Å². The first kappa shape index (κ1) is 18.8. The molecule has 0 radical (unpaired) electrons. The van der Waals surface area contributed by atoms with Crippen LogP contribution in [0.2, 0.25) is 0 Å². The summed E-state index contributed by atoms with van der Waals surface area (Å²) in [5.74, 6) is -0.404. The number of benzene rings is 4. The van der Waals surface area contributed by atoms with Crippen molar-refractivity contribution >= 4 is 33.6 Å². The number of rotatable bonds is 5. The summed E-state index contributed by atoms with van der Waals surface area (Å²) in [5.41, 5.74) is 2.96. The van der Waals surface area contributed by atoms with E-state index in [1.54, 1.807) is 36.4 Å². The van der Waals surface area contributed by atoms with Gasteiger partial charge in [-0.3, -0.25) is 4.79 Å². The summed E-state index contributed by atoms with van der Waals surface area (Å²) < 4.78 is 11.3. The minimum Gasteiger partial charge on any atom is -0.454 e. The molecule has 5 nitrogen and oxygen atoms in total. The van der Waals surface area contributed by atoms with Crippen molar-refractivity contribution in [1.29, 1.82) is 0 Å². The van der Waals surface area contributed by atoms with E-state index < -0.39 is 5.97 Å². The second kappa shape index (κ2) is 7.88. The maximum atomic E-state index is 12.9. The Morgan fingerprint density at radius 2 is 1.55 bits per heavy atom. The van der Waals surface area contributed by atoms with Gasteiger partial charge in [0, 0.05) is 16.5 Å². The summed E-state index contributed by atoms with van der Waals surface area (Å²) in [5, 5.41) is 1.53. The molecule has 5 rings (SSSR count). The maximum absolute atomic E-state index is 12.9. The van der Waals surface area contributed by atoms with E-state index in [2.05, 4.69) is 4.98 Å². The fraction of sp³-hybridized carbons (Fsp3) is 0.0385. The number of ketones is 1. The number of Topliss-reactive ketones (excluding diaryl/α,β-unsaturated/α-hetero) is 1. The zero-order valence-corrected chi connectivity index (χ0v) is 16.4. The molecule has 0 saturated carbocycles. The molecule has 150 valence electrons. The van der Waals surface area contributed by atoms with Crippen molar-refractivity contribution < 1.29 is 18.7 Å². The van der Waals surface area contributed by atoms with E-state index in [9.17, 15) is 9.59 Å². The Hall–Kier alpha value is -4.25. The number of carbonyl (C=O) groups is 2. The van der Waals surface area contributed by atoms with E-state index in [-0.39, 0.29) is 12.4 Å². The van der Waals surface area contributed by atoms with Gasteiger partial charge in [-0.15, -0.1) is 0 Å². The molecule has 1 heterocycles. The van der Waals surface area contributed by atoms with Crippen LogP contribution in [0.25, 0.3) is 33.3 Å². The molecule has 31 heavy (non-hydrogen) atoms. The molecule has 0 saturated heterocycles. The second-order valence-corrected chi connectivity index (χ2v) is 7.06. The lowest BCUT2D eigenvalue weighted by Gasteiger charge is -2.10. The third-order valence-corrected chi connectivity index (χ3v) is 5.08. The molecular weight excluding hydrogens is 390 g/mol. The van der Waals surface area contributed by atoms with Crippen LogP contribution in [0.4, 0.5) is 0 Å². The van der Waals surface area contributed by atoms with Gasteiger partial charge in [0.25, 0.3) is 0 Å². The van der Waals surface area contributed by atoms with Crippen molar-refractivity contribution in [2.24, 2.45) is 0 Å². The number of nitrogens with zero attached hydrogens (tertiary/aromatic N) is 1. The fourth-order valence-electron chi connectivity index (χ4n) is 3.59. The number of hydrogen-bond acceptors (Lipinski definition) is 5. The summed E-state index contributed by atoms with van der Waals surface area (Å²) in [6.07, 6.45) is 0. The first-order valence-electron chi connectivity index (χ1n) is 9.84. The van der Waals surface area contributed by atoms with E-state index in [4.69, 9.17) is 9.15 Å². The minimum atomic E-state index is -0.571. The highest BCUT2D eigenvalue weighted by atomic mass is 16.5. The first-order chi connectivity index (χ1) is 15.2. The van der Waals surface area contributed by atoms with E-state index in [1.165, 1.54) is 0 Å². The fourth-order valence-corrected chi connectivity index (χ4v) is 3.59. The maximum Gasteiger partial charge on any atom is 0.339 e. The molecule has 0 atom stereocenters. The largest absolute Gasteiger partial charge is 0.454 e. The summed E-state index contributed by atoms with van der Waals surface area (Å²) >= 11 is 0. The van der Waals surface area contributed by atoms with Gasteiger partial charge in [-0.05, 0) is 29.7 Å². The van der Waals surface area contributed by atoms with Gasteiger partial charge in [0.05, 0.1) is 5.56 Å². The number of ether oxygens (including phenoxy) is 1. The van der Waals surface area contributed by atoms with Crippen molar-refractivity contribution in [3.05, 3.63) is 102 Å². The van der Waals surface area contributed by atoms with E-state index >= 15 is 0 Å². The Balaban J connectivity index is 1.52. The molecule has 0 unspecified atom stereocenters. The predicted molar refractivity (Wildman–Crippen MR) is 118 cm³/mol. The molecule has 0 spiro atoms. The smallest absolute Gasteiger partial charge is 0.339 e. The minimum absolute atomic E-state index is 0.256. The average molecular weight is 407 g/mol. The predicted octanol–water partition coefficient (Wildman–Crippen LogP) is 5.69. The van der Waals surface area contributed by atoms with E-state index in [0.29, 0.717) is 33.6 Å². The number of hydrogen-bond donors (Lipinski definition) is 0. The molecule has 0 amide bonds. The topological polar surface area (TPSA) is 69.4 Å². The van der Waals surface area contributed by atoms with Crippen molar-refractivity contribution in [3.63, 3.8) is 0 Å². The molecule has 0 bridgehead atoms. The Kier molecular flexibility index (Phi) is 4.77. The van der Waals surface area contributed by atoms with Crippen LogP contribution < -0.4 is 0 Å². The third-order valence-electron chi connectivity index (χ3n) is 5.08. The zero-order chi connectivity index (χ0) is 21.2. The van der Waals surface area contributed by atoms with Crippen molar-refractivity contribution in [1.82, 2.24) is 4.98 Å². The van der Waals surface area contributed by atoms with Gasteiger partial charge in [-0.25, -0.2) is 9.78 Å². The molecular formula is C26H17NO4. The molecule has 0 N–H and O–H groups in total. The van der Waals surface area contributed by atoms with Gasteiger partial charge < -0.3 is 9.15 Å². The highest BCUT2D eigenvalue weighted by Crippen LogP contribution is 2.33. The Bertz CT molecular complexity index is 1380. The Labute approximate surface area is 177 Å². The Morgan fingerprint density at radius 3 is 2.35 bits per heavy atom. The second-order valence-electron chi connectivity index (χ2n) is 7.06. The number of oxazole rings is 1. The molecule has 5 aromatic rings. The van der Waals surface area contributed by atoms with Crippen LogP contribution in [0.15, 0.2) is 95.4 Å². The van der Waals surface area contributed by atoms with Gasteiger partial charge in [0.15, 0.2) is 18.0 Å². The summed E-state index contributed by atoms with van der Waals surface area (Å²) in [6, 6.07) is 27.3. The highest BCUT2D eigenvalue weighted by molar-refractivity contribution is 6.10. The van der Waals surface area contributed by atoms with Crippen LogP contribution in [-0.2, 0) is 4.74 Å². The van der Waals surface area contributed by atoms with Crippen LogP contribution in [0.5, 0.6) is 0 Å². The number of carbonyl (C=O) groups excluding carboxylic acids is 2. The molecule has 0 aliphatic heterocycles. The lowest BCUT2D eigenvalue weighted by molar-refractivity contribution is 0.0477. The summed E-state index contributed by atoms with van der Waals surface area (Å²) in [4.78, 5) is 29.8. The molecule has 0 aliphatic carbocycles. The average Bonchev–Trinajstić information content (AvgIpc) is 3.26. The summed E-state index contributed by atoms with van der Waals surface area (Å²) in [6.45, 7) is -0.329. The van der Waals surface area contributed by atoms with Crippen molar-refractivity contribution in [2.45, 2.75) is 0 Å². The number of esters is 1. The number of aromatic nitrogens is 1. The molecule has 0 fully saturated rings. The molecule has 5 heteroatoms. The van der Waals surface area contributed by atoms with Crippen LogP contribution in [0.1, 0.15) is 20.7 Å². The van der Waals surface area contributed by atoms with Gasteiger partial charge in [0.2, 0.25) is 5.89 Å². The standard InChI is InChI=1S/C26H17NO4/c28-22(17-8-2-1-3-9-17)16-30-26(29)20-13-7-11-18-10-6-12-19(24(18)20)25-27-21-14-4-5-15-23(21)31-25/h1-15H,16H2. The highest BCUT2D eigenvalue weighted by Gasteiger charge is 2.19. The van der Waals surface area contributed by atoms with E-state index in [1.807, 2.05) is 54.6 Å². The summed E-state index contributed by atoms with van der Waals surface area (Å²) in [7, 11) is 0. The monoisotopic (exact) mass is 407 g/mol. The third kappa shape index (κ3) is 3.57. The van der Waals surface area contributed by atoms with Crippen LogP contribution in [0, 0.1) is 0 Å². The van der Waals surface area contributed by atoms with Gasteiger partial charge >= 0.3 is 5.97 Å². The van der Waals surface area contributed by atoms with Gasteiger partial charge in [0.1, 0.15) is 5.52 Å². The molecule has 1 aromatic heterocycles. The van der Waals surface area contributed by atoms with Crippen molar-refractivity contribution in [3.8, 4) is 11.5 Å². The Morgan fingerprint density at radius 1 is 0.806 bits per heavy atom. The SMILES string of the molecule is O=C(COC(=O)c1cccc2cccc(-c3nc4ccccc4o3)c12)c1ccccc1. The normalized spacial score (nSPS) is 11.0. The van der Waals surface area contributed by atoms with Crippen molar-refractivity contribution in [2.75, 3.05) is 6.61 Å². The quantitative estimate of drug-likeness (QED) is 0.277. The number of para-hydroxylation sites is 2. The van der Waals surface area contributed by atoms with Gasteiger partial charge in [-0.2, -0.15) is 0 Å². The zero-order valence-electron chi connectivity index (χ0n) is 16.4. The lowest BCUT2D eigenvalue weighted by Crippen LogP contribution is -2.14. The first-order valence-corrected chi connectivity index (χ1v) is 9.84. The molecule has 4 aromatic carbocycles. The van der Waals surface area contributed by atoms with Crippen LogP contribution >= 0.6 is 0 Å². The van der Waals surface area contributed by atoms with Crippen LogP contribution in [0.3, 0.4) is 0 Å².